The maximum absolute atomic E-state index is 13.4. The van der Waals surface area contributed by atoms with Gasteiger partial charge in [0, 0.05) is 16.3 Å². The number of nitrogens with zero attached hydrogens (tertiary/aromatic N) is 1. The van der Waals surface area contributed by atoms with Crippen molar-refractivity contribution in [1.29, 1.82) is 0 Å². The lowest BCUT2D eigenvalue weighted by atomic mass is 9.98. The Morgan fingerprint density at radius 3 is 2.47 bits per heavy atom. The first-order valence-corrected chi connectivity index (χ1v) is 11.5. The highest BCUT2D eigenvalue weighted by atomic mass is 32.1. The molecule has 1 atom stereocenters. The zero-order valence-corrected chi connectivity index (χ0v) is 19.3. The summed E-state index contributed by atoms with van der Waals surface area (Å²) in [5.74, 6) is -0.859. The van der Waals surface area contributed by atoms with Gasteiger partial charge in [0.1, 0.15) is 23.3 Å². The van der Waals surface area contributed by atoms with Crippen LogP contribution in [0.15, 0.2) is 83.7 Å². The molecule has 1 unspecified atom stereocenters. The molecule has 2 heterocycles. The Hall–Kier alpha value is -4.10. The van der Waals surface area contributed by atoms with Gasteiger partial charge >= 0.3 is 0 Å². The maximum Gasteiger partial charge on any atom is 0.300 e. The number of methoxy groups -OCH3 is 2. The van der Waals surface area contributed by atoms with Crippen LogP contribution in [0.25, 0.3) is 16.5 Å². The number of thiophene rings is 1. The van der Waals surface area contributed by atoms with E-state index in [1.54, 1.807) is 18.2 Å². The summed E-state index contributed by atoms with van der Waals surface area (Å²) < 4.78 is 10.7. The van der Waals surface area contributed by atoms with Crippen LogP contribution in [0.5, 0.6) is 11.5 Å². The van der Waals surface area contributed by atoms with Gasteiger partial charge in [0.2, 0.25) is 0 Å². The summed E-state index contributed by atoms with van der Waals surface area (Å²) >= 11 is 1.42. The van der Waals surface area contributed by atoms with E-state index in [2.05, 4.69) is 0 Å². The minimum atomic E-state index is -0.780. The summed E-state index contributed by atoms with van der Waals surface area (Å²) in [6.45, 7) is 0. The van der Waals surface area contributed by atoms with Crippen molar-refractivity contribution < 1.29 is 24.2 Å². The van der Waals surface area contributed by atoms with Crippen LogP contribution in [0.1, 0.15) is 16.5 Å². The number of hydrogen-bond acceptors (Lipinski definition) is 6. The molecule has 4 aromatic rings. The number of amides is 1. The molecule has 34 heavy (non-hydrogen) atoms. The van der Waals surface area contributed by atoms with E-state index < -0.39 is 17.7 Å². The Kier molecular flexibility index (Phi) is 5.55. The van der Waals surface area contributed by atoms with Crippen molar-refractivity contribution in [3.05, 3.63) is 94.2 Å². The molecule has 0 bridgehead atoms. The van der Waals surface area contributed by atoms with Crippen molar-refractivity contribution in [3.8, 4) is 11.5 Å². The molecule has 7 heteroatoms. The fourth-order valence-corrected chi connectivity index (χ4v) is 5.18. The number of rotatable bonds is 5. The van der Waals surface area contributed by atoms with Crippen LogP contribution in [0.4, 0.5) is 5.69 Å². The van der Waals surface area contributed by atoms with Crippen LogP contribution in [-0.4, -0.2) is 31.0 Å². The van der Waals surface area contributed by atoms with E-state index in [0.29, 0.717) is 22.7 Å². The third-order valence-corrected chi connectivity index (χ3v) is 6.87. The van der Waals surface area contributed by atoms with Crippen LogP contribution in [-0.2, 0) is 9.59 Å². The minimum Gasteiger partial charge on any atom is -0.507 e. The highest BCUT2D eigenvalue weighted by Crippen LogP contribution is 2.46. The molecule has 5 rings (SSSR count). The fourth-order valence-electron chi connectivity index (χ4n) is 4.35. The summed E-state index contributed by atoms with van der Waals surface area (Å²) in [4.78, 5) is 29.1. The lowest BCUT2D eigenvalue weighted by Gasteiger charge is -2.25. The summed E-state index contributed by atoms with van der Waals surface area (Å²) in [6, 6.07) is 21.2. The van der Waals surface area contributed by atoms with Gasteiger partial charge in [0.25, 0.3) is 11.7 Å². The van der Waals surface area contributed by atoms with E-state index in [0.717, 1.165) is 15.6 Å². The molecule has 1 amide bonds. The van der Waals surface area contributed by atoms with E-state index in [4.69, 9.17) is 9.47 Å². The number of ketones is 1. The van der Waals surface area contributed by atoms with Crippen molar-refractivity contribution in [1.82, 2.24) is 0 Å². The predicted octanol–water partition coefficient (Wildman–Crippen LogP) is 5.54. The van der Waals surface area contributed by atoms with Crippen LogP contribution >= 0.6 is 11.3 Å². The normalized spacial score (nSPS) is 17.4. The van der Waals surface area contributed by atoms with E-state index in [1.165, 1.54) is 30.5 Å². The first-order valence-electron chi connectivity index (χ1n) is 10.6. The number of Topliss-reactive ketones (excluding diaryl/α,β-unsaturated/α-hetero) is 1. The first kappa shape index (κ1) is 21.7. The van der Waals surface area contributed by atoms with Crippen molar-refractivity contribution in [3.63, 3.8) is 0 Å². The Morgan fingerprint density at radius 2 is 1.74 bits per heavy atom. The Morgan fingerprint density at radius 1 is 0.941 bits per heavy atom. The minimum absolute atomic E-state index is 0.0175. The molecule has 0 aliphatic carbocycles. The van der Waals surface area contributed by atoms with Gasteiger partial charge in [-0.1, -0.05) is 42.5 Å². The molecule has 3 aromatic carbocycles. The molecule has 1 aromatic heterocycles. The van der Waals surface area contributed by atoms with Crippen molar-refractivity contribution in [2.75, 3.05) is 19.1 Å². The topological polar surface area (TPSA) is 76.1 Å². The maximum atomic E-state index is 13.4. The molecule has 1 saturated heterocycles. The van der Waals surface area contributed by atoms with Crippen molar-refractivity contribution in [2.24, 2.45) is 0 Å². The largest absolute Gasteiger partial charge is 0.507 e. The van der Waals surface area contributed by atoms with Gasteiger partial charge in [0.05, 0.1) is 31.0 Å². The van der Waals surface area contributed by atoms with Crippen LogP contribution in [0, 0.1) is 0 Å². The molecular weight excluding hydrogens is 450 g/mol. The summed E-state index contributed by atoms with van der Waals surface area (Å²) in [7, 11) is 3.00. The second kappa shape index (κ2) is 8.68. The molecule has 1 N–H and O–H groups in total. The van der Waals surface area contributed by atoms with Crippen molar-refractivity contribution >= 4 is 45.2 Å². The molecule has 0 radical (unpaired) electrons. The fraction of sp³-hybridized carbons (Fsp3) is 0.111. The molecule has 0 saturated carbocycles. The first-order chi connectivity index (χ1) is 16.5. The van der Waals surface area contributed by atoms with E-state index in [-0.39, 0.29) is 11.3 Å². The number of fused-ring (bicyclic) bond motifs is 1. The van der Waals surface area contributed by atoms with Gasteiger partial charge in [-0.2, -0.15) is 0 Å². The highest BCUT2D eigenvalue weighted by molar-refractivity contribution is 7.10. The number of aliphatic hydroxyl groups excluding tert-OH is 1. The van der Waals surface area contributed by atoms with Gasteiger partial charge in [-0.15, -0.1) is 11.3 Å². The Labute approximate surface area is 200 Å². The summed E-state index contributed by atoms with van der Waals surface area (Å²) in [5.41, 5.74) is 0.934. The van der Waals surface area contributed by atoms with E-state index >= 15 is 0 Å². The van der Waals surface area contributed by atoms with Gasteiger partial charge < -0.3 is 14.6 Å². The third kappa shape index (κ3) is 3.41. The second-order valence-electron chi connectivity index (χ2n) is 7.75. The third-order valence-electron chi connectivity index (χ3n) is 5.95. The van der Waals surface area contributed by atoms with Gasteiger partial charge in [0.15, 0.2) is 0 Å². The number of ether oxygens (including phenoxy) is 2. The summed E-state index contributed by atoms with van der Waals surface area (Å²) in [6.07, 6.45) is 0. The number of carbonyl (C=O) groups excluding carboxylic acids is 2. The molecule has 1 aliphatic heterocycles. The number of carbonyl (C=O) groups is 2. The second-order valence-corrected chi connectivity index (χ2v) is 8.73. The predicted molar refractivity (Wildman–Crippen MR) is 133 cm³/mol. The Bertz CT molecular complexity index is 1440. The van der Waals surface area contributed by atoms with Crippen LogP contribution in [0.2, 0.25) is 0 Å². The molecule has 6 nitrogen and oxygen atoms in total. The number of aliphatic hydroxyl groups is 1. The lowest BCUT2D eigenvalue weighted by Crippen LogP contribution is -2.29. The quantitative estimate of drug-likeness (QED) is 0.235. The van der Waals surface area contributed by atoms with Gasteiger partial charge in [-0.05, 0) is 35.0 Å². The van der Waals surface area contributed by atoms with Gasteiger partial charge in [-0.3, -0.25) is 14.5 Å². The smallest absolute Gasteiger partial charge is 0.300 e. The monoisotopic (exact) mass is 471 g/mol. The SMILES string of the molecule is COc1ccc(/C(O)=C2/C(=O)C(=O)N(c3cccc4ccccc34)C2c2cccs2)c(OC)c1. The zero-order valence-electron chi connectivity index (χ0n) is 18.5. The molecule has 170 valence electrons. The summed E-state index contributed by atoms with van der Waals surface area (Å²) in [5, 5.41) is 15.1. The number of benzene rings is 3. The standard InChI is InChI=1S/C27H21NO5S/c1-32-17-12-13-19(21(15-17)33-2)25(29)23-24(22-11-6-14-34-22)28(27(31)26(23)30)20-10-5-8-16-7-3-4-9-18(16)20/h3-15,24,29H,1-2H3/b25-23-. The average molecular weight is 472 g/mol. The van der Waals surface area contributed by atoms with Crippen molar-refractivity contribution in [2.45, 2.75) is 6.04 Å². The highest BCUT2D eigenvalue weighted by Gasteiger charge is 2.48. The average Bonchev–Trinajstić information content (AvgIpc) is 3.49. The van der Waals surface area contributed by atoms with Gasteiger partial charge in [-0.25, -0.2) is 0 Å². The molecular formula is C27H21NO5S. The molecule has 1 fully saturated rings. The number of anilines is 1. The van der Waals surface area contributed by atoms with Crippen LogP contribution < -0.4 is 14.4 Å². The lowest BCUT2D eigenvalue weighted by molar-refractivity contribution is -0.132. The van der Waals surface area contributed by atoms with E-state index in [9.17, 15) is 14.7 Å². The van der Waals surface area contributed by atoms with E-state index in [1.807, 2.05) is 60.0 Å². The van der Waals surface area contributed by atoms with Crippen LogP contribution in [0.3, 0.4) is 0 Å². The number of hydrogen-bond donors (Lipinski definition) is 1. The molecule has 1 aliphatic rings. The zero-order chi connectivity index (χ0) is 23.8. The Balaban J connectivity index is 1.76. The molecule has 0 spiro atoms.